The molecule has 176 valence electrons. The lowest BCUT2D eigenvalue weighted by molar-refractivity contribution is -0.122. The number of hydrogen-bond acceptors (Lipinski definition) is 5. The minimum absolute atomic E-state index is 0.0369. The van der Waals surface area contributed by atoms with Crippen molar-refractivity contribution in [2.75, 3.05) is 5.32 Å². The highest BCUT2D eigenvalue weighted by Crippen LogP contribution is 2.27. The van der Waals surface area contributed by atoms with E-state index in [-0.39, 0.29) is 42.3 Å². The number of hydrogen-bond donors (Lipinski definition) is 3. The largest absolute Gasteiger partial charge is 0.507 e. The van der Waals surface area contributed by atoms with Crippen LogP contribution in [-0.4, -0.2) is 28.4 Å². The van der Waals surface area contributed by atoms with E-state index in [0.717, 1.165) is 16.5 Å². The number of hydrazone groups is 1. The molecule has 0 saturated carbocycles. The van der Waals surface area contributed by atoms with Crippen LogP contribution in [0, 0.1) is 13.8 Å². The summed E-state index contributed by atoms with van der Waals surface area (Å²) >= 11 is 0. The lowest BCUT2D eigenvalue weighted by atomic mass is 10.0. The monoisotopic (exact) mass is 459 g/mol. The number of carbonyl (C=O) groups is 3. The van der Waals surface area contributed by atoms with Gasteiger partial charge in [0.15, 0.2) is 0 Å². The van der Waals surface area contributed by atoms with Crippen molar-refractivity contribution in [2.45, 2.75) is 46.5 Å². The number of Topliss-reactive ketones (excluding diaryl/α,β-unsaturated/α-hetero) is 1. The second kappa shape index (κ2) is 11.2. The minimum Gasteiger partial charge on any atom is -0.507 e. The van der Waals surface area contributed by atoms with E-state index in [0.29, 0.717) is 23.2 Å². The number of anilines is 1. The zero-order valence-corrected chi connectivity index (χ0v) is 19.6. The van der Waals surface area contributed by atoms with Crippen LogP contribution < -0.4 is 10.7 Å². The average molecular weight is 460 g/mol. The lowest BCUT2D eigenvalue weighted by Gasteiger charge is -2.09. The Hall–Kier alpha value is -4.00. The number of benzene rings is 3. The van der Waals surface area contributed by atoms with E-state index in [9.17, 15) is 19.5 Å². The summed E-state index contributed by atoms with van der Waals surface area (Å²) in [6.45, 7) is 5.81. The van der Waals surface area contributed by atoms with Gasteiger partial charge in [0, 0.05) is 30.7 Å². The molecule has 0 bridgehead atoms. The molecule has 7 nitrogen and oxygen atoms in total. The van der Waals surface area contributed by atoms with Crippen LogP contribution in [0.2, 0.25) is 0 Å². The highest BCUT2D eigenvalue weighted by atomic mass is 16.3. The van der Waals surface area contributed by atoms with E-state index in [1.54, 1.807) is 18.2 Å². The molecule has 0 fully saturated rings. The number of phenols is 1. The van der Waals surface area contributed by atoms with Crippen molar-refractivity contribution in [1.29, 1.82) is 0 Å². The number of aromatic hydroxyl groups is 1. The van der Waals surface area contributed by atoms with E-state index < -0.39 is 5.91 Å². The van der Waals surface area contributed by atoms with Crippen molar-refractivity contribution in [3.8, 4) is 5.75 Å². The van der Waals surface area contributed by atoms with E-state index in [1.165, 1.54) is 6.07 Å². The molecule has 3 N–H and O–H groups in total. The molecule has 0 heterocycles. The van der Waals surface area contributed by atoms with Crippen LogP contribution in [0.3, 0.4) is 0 Å². The molecule has 7 heteroatoms. The molecule has 2 amide bonds. The van der Waals surface area contributed by atoms with Crippen molar-refractivity contribution in [2.24, 2.45) is 5.10 Å². The summed E-state index contributed by atoms with van der Waals surface area (Å²) in [5, 5.41) is 18.5. The Morgan fingerprint density at radius 1 is 0.941 bits per heavy atom. The van der Waals surface area contributed by atoms with E-state index in [4.69, 9.17) is 0 Å². The Morgan fingerprint density at radius 3 is 2.44 bits per heavy atom. The molecule has 0 aliphatic carbocycles. The maximum atomic E-state index is 12.7. The number of nitrogens with one attached hydrogen (secondary N) is 2. The van der Waals surface area contributed by atoms with Crippen molar-refractivity contribution >= 4 is 39.8 Å². The molecule has 3 aromatic carbocycles. The zero-order valence-electron chi connectivity index (χ0n) is 19.6. The number of carbonyl (C=O) groups excluding carboxylic acids is 3. The summed E-state index contributed by atoms with van der Waals surface area (Å²) in [6, 6.07) is 16.1. The Balaban J connectivity index is 1.56. The second-order valence-electron chi connectivity index (χ2n) is 8.22. The van der Waals surface area contributed by atoms with Gasteiger partial charge in [-0.05, 0) is 60.4 Å². The van der Waals surface area contributed by atoms with Crippen LogP contribution in [0.5, 0.6) is 5.75 Å². The number of aryl methyl sites for hydroxylation is 2. The summed E-state index contributed by atoms with van der Waals surface area (Å²) in [7, 11) is 0. The van der Waals surface area contributed by atoms with Gasteiger partial charge in [-0.1, -0.05) is 43.3 Å². The van der Waals surface area contributed by atoms with Crippen LogP contribution >= 0.6 is 0 Å². The van der Waals surface area contributed by atoms with Crippen LogP contribution in [-0.2, 0) is 9.59 Å². The van der Waals surface area contributed by atoms with Gasteiger partial charge < -0.3 is 10.4 Å². The van der Waals surface area contributed by atoms with E-state index in [2.05, 4.69) is 15.8 Å². The normalized spacial score (nSPS) is 11.3. The maximum absolute atomic E-state index is 12.7. The van der Waals surface area contributed by atoms with Crippen LogP contribution in [0.25, 0.3) is 10.8 Å². The number of phenolic OH excluding ortho intramolecular Hbond substituents is 1. The number of amides is 2. The third-order valence-corrected chi connectivity index (χ3v) is 5.68. The molecule has 0 saturated heterocycles. The SMILES string of the molecule is CC/C(CC(=O)CCC(=O)Nc1ccc(C)c(C)c1)=N/NC(=O)c1c(O)ccc2ccccc12. The molecule has 3 rings (SSSR count). The summed E-state index contributed by atoms with van der Waals surface area (Å²) < 4.78 is 0. The molecular formula is C27H29N3O4. The molecule has 0 atom stereocenters. The van der Waals surface area contributed by atoms with Gasteiger partial charge in [0.1, 0.15) is 11.5 Å². The first-order valence-corrected chi connectivity index (χ1v) is 11.2. The molecule has 0 spiro atoms. The van der Waals surface area contributed by atoms with Crippen LogP contribution in [0.1, 0.15) is 54.1 Å². The van der Waals surface area contributed by atoms with Crippen molar-refractivity contribution in [3.63, 3.8) is 0 Å². The average Bonchev–Trinajstić information content (AvgIpc) is 2.82. The fourth-order valence-corrected chi connectivity index (χ4v) is 3.54. The maximum Gasteiger partial charge on any atom is 0.275 e. The highest BCUT2D eigenvalue weighted by molar-refractivity contribution is 6.10. The Bertz CT molecular complexity index is 1260. The molecule has 3 aromatic rings. The first-order valence-electron chi connectivity index (χ1n) is 11.2. The molecule has 0 radical (unpaired) electrons. The number of fused-ring (bicyclic) bond motifs is 1. The van der Waals surface area contributed by atoms with Crippen molar-refractivity contribution in [3.05, 3.63) is 71.3 Å². The van der Waals surface area contributed by atoms with Gasteiger partial charge in [-0.2, -0.15) is 5.10 Å². The van der Waals surface area contributed by atoms with Gasteiger partial charge in [0.25, 0.3) is 5.91 Å². The molecule has 0 aliphatic heterocycles. The summed E-state index contributed by atoms with van der Waals surface area (Å²) in [5.74, 6) is -1.07. The topological polar surface area (TPSA) is 108 Å². The predicted molar refractivity (Wildman–Crippen MR) is 134 cm³/mol. The molecule has 34 heavy (non-hydrogen) atoms. The second-order valence-corrected chi connectivity index (χ2v) is 8.22. The van der Waals surface area contributed by atoms with Gasteiger partial charge in [-0.15, -0.1) is 0 Å². The summed E-state index contributed by atoms with van der Waals surface area (Å²) in [4.78, 5) is 37.3. The van der Waals surface area contributed by atoms with Gasteiger partial charge in [-0.3, -0.25) is 14.4 Å². The number of rotatable bonds is 9. The molecule has 0 aliphatic rings. The van der Waals surface area contributed by atoms with Crippen LogP contribution in [0.4, 0.5) is 5.69 Å². The summed E-state index contributed by atoms with van der Waals surface area (Å²) in [5.41, 5.74) is 6.00. The number of nitrogens with zero attached hydrogens (tertiary/aromatic N) is 1. The Morgan fingerprint density at radius 2 is 1.71 bits per heavy atom. The third-order valence-electron chi connectivity index (χ3n) is 5.68. The van der Waals surface area contributed by atoms with E-state index >= 15 is 0 Å². The Kier molecular flexibility index (Phi) is 8.14. The molecular weight excluding hydrogens is 430 g/mol. The highest BCUT2D eigenvalue weighted by Gasteiger charge is 2.16. The van der Waals surface area contributed by atoms with Gasteiger partial charge >= 0.3 is 0 Å². The van der Waals surface area contributed by atoms with Gasteiger partial charge in [-0.25, -0.2) is 5.43 Å². The van der Waals surface area contributed by atoms with Gasteiger partial charge in [0.2, 0.25) is 5.91 Å². The summed E-state index contributed by atoms with van der Waals surface area (Å²) in [6.07, 6.45) is 0.643. The van der Waals surface area contributed by atoms with Crippen molar-refractivity contribution < 1.29 is 19.5 Å². The fourth-order valence-electron chi connectivity index (χ4n) is 3.54. The quantitative estimate of drug-likeness (QED) is 0.308. The van der Waals surface area contributed by atoms with Gasteiger partial charge in [0.05, 0.1) is 5.56 Å². The Labute approximate surface area is 198 Å². The molecule has 0 aromatic heterocycles. The third kappa shape index (κ3) is 6.28. The fraction of sp³-hybridized carbons (Fsp3) is 0.259. The predicted octanol–water partition coefficient (Wildman–Crippen LogP) is 5.04. The first-order chi connectivity index (χ1) is 16.3. The zero-order chi connectivity index (χ0) is 24.7. The standard InChI is InChI=1S/C27H29N3O4/c1-4-20(16-22(31)12-14-25(33)28-21-11-9-17(2)18(3)15-21)29-30-27(34)26-23-8-6-5-7-19(23)10-13-24(26)32/h5-11,13,15,32H,4,12,14,16H2,1-3H3,(H,28,33)(H,30,34)/b29-20-. The van der Waals surface area contributed by atoms with E-state index in [1.807, 2.05) is 51.1 Å². The lowest BCUT2D eigenvalue weighted by Crippen LogP contribution is -2.21. The minimum atomic E-state index is -0.555. The first kappa shape index (κ1) is 24.6. The molecule has 0 unspecified atom stereocenters. The number of ketones is 1. The smallest absolute Gasteiger partial charge is 0.275 e. The van der Waals surface area contributed by atoms with Crippen molar-refractivity contribution in [1.82, 2.24) is 5.43 Å². The van der Waals surface area contributed by atoms with Crippen LogP contribution in [0.15, 0.2) is 59.7 Å².